The van der Waals surface area contributed by atoms with Gasteiger partial charge < -0.3 is 9.80 Å². The van der Waals surface area contributed by atoms with E-state index in [9.17, 15) is 14.9 Å². The number of rotatable bonds is 3. The first-order chi connectivity index (χ1) is 13.2. The molecule has 0 radical (unpaired) electrons. The van der Waals surface area contributed by atoms with Gasteiger partial charge in [0.25, 0.3) is 11.6 Å². The van der Waals surface area contributed by atoms with Crippen LogP contribution in [0.15, 0.2) is 18.2 Å². The lowest BCUT2D eigenvalue weighted by molar-refractivity contribution is -0.384. The number of piperidine rings is 1. The van der Waals surface area contributed by atoms with E-state index in [1.165, 1.54) is 12.5 Å². The zero-order valence-electron chi connectivity index (χ0n) is 17.2. The Kier molecular flexibility index (Phi) is 4.63. The maximum Gasteiger partial charge on any atom is 0.293 e. The summed E-state index contributed by atoms with van der Waals surface area (Å²) < 4.78 is 0. The minimum atomic E-state index is -0.340. The Balaban J connectivity index is 1.61. The van der Waals surface area contributed by atoms with E-state index in [0.29, 0.717) is 11.3 Å². The molecule has 1 aliphatic carbocycles. The van der Waals surface area contributed by atoms with Crippen molar-refractivity contribution in [2.45, 2.75) is 65.3 Å². The van der Waals surface area contributed by atoms with Gasteiger partial charge in [0.1, 0.15) is 5.69 Å². The summed E-state index contributed by atoms with van der Waals surface area (Å²) in [5, 5.41) is 11.7. The number of carbonyl (C=O) groups excluding carboxylic acids is 1. The average Bonchev–Trinajstić information content (AvgIpc) is 2.90. The van der Waals surface area contributed by atoms with Crippen LogP contribution in [0.1, 0.15) is 69.7 Å². The molecule has 6 heteroatoms. The summed E-state index contributed by atoms with van der Waals surface area (Å²) in [6, 6.07) is 5.31. The summed E-state index contributed by atoms with van der Waals surface area (Å²) in [4.78, 5) is 28.8. The Bertz CT molecular complexity index is 800. The van der Waals surface area contributed by atoms with Crippen molar-refractivity contribution >= 4 is 17.3 Å². The summed E-state index contributed by atoms with van der Waals surface area (Å²) in [5.74, 6) is -0.0558. The number of anilines is 1. The fraction of sp³-hybridized carbons (Fsp3) is 0.682. The molecule has 1 saturated carbocycles. The maximum absolute atomic E-state index is 13.3. The van der Waals surface area contributed by atoms with Gasteiger partial charge >= 0.3 is 0 Å². The second kappa shape index (κ2) is 6.75. The fourth-order valence-electron chi connectivity index (χ4n) is 6.07. The first kappa shape index (κ1) is 19.2. The molecular formula is C22H31N3O3. The summed E-state index contributed by atoms with van der Waals surface area (Å²) in [5.41, 5.74) is 1.54. The van der Waals surface area contributed by atoms with Gasteiger partial charge in [0.15, 0.2) is 0 Å². The van der Waals surface area contributed by atoms with E-state index < -0.39 is 0 Å². The summed E-state index contributed by atoms with van der Waals surface area (Å²) >= 11 is 0. The van der Waals surface area contributed by atoms with Crippen LogP contribution in [-0.2, 0) is 0 Å². The number of nitro groups is 1. The van der Waals surface area contributed by atoms with E-state index in [2.05, 4.69) is 25.7 Å². The summed E-state index contributed by atoms with van der Waals surface area (Å²) in [6.45, 7) is 9.27. The molecule has 6 nitrogen and oxygen atoms in total. The first-order valence-corrected chi connectivity index (χ1v) is 10.5. The third-order valence-corrected chi connectivity index (χ3v) is 6.79. The number of likely N-dealkylation sites (tertiary alicyclic amines) is 1. The van der Waals surface area contributed by atoms with Crippen LogP contribution in [0.5, 0.6) is 0 Å². The van der Waals surface area contributed by atoms with Crippen molar-refractivity contribution in [3.63, 3.8) is 0 Å². The summed E-state index contributed by atoms with van der Waals surface area (Å²) in [6.07, 6.45) is 6.45. The Morgan fingerprint density at radius 2 is 1.86 bits per heavy atom. The molecule has 2 aliphatic heterocycles. The Morgan fingerprint density at radius 3 is 2.54 bits per heavy atom. The molecule has 28 heavy (non-hydrogen) atoms. The highest BCUT2D eigenvalue weighted by Crippen LogP contribution is 2.52. The largest absolute Gasteiger partial charge is 0.366 e. The zero-order valence-corrected chi connectivity index (χ0v) is 17.2. The van der Waals surface area contributed by atoms with E-state index in [1.807, 2.05) is 4.90 Å². The zero-order chi connectivity index (χ0) is 20.1. The highest BCUT2D eigenvalue weighted by atomic mass is 16.6. The molecule has 3 fully saturated rings. The molecule has 4 rings (SSSR count). The average molecular weight is 386 g/mol. The van der Waals surface area contributed by atoms with Crippen LogP contribution >= 0.6 is 0 Å². The number of nitrogens with zero attached hydrogens (tertiary/aromatic N) is 3. The molecular weight excluding hydrogens is 354 g/mol. The molecule has 1 aromatic carbocycles. The number of benzene rings is 1. The van der Waals surface area contributed by atoms with Crippen LogP contribution in [0.3, 0.4) is 0 Å². The summed E-state index contributed by atoms with van der Waals surface area (Å²) in [7, 11) is 0. The van der Waals surface area contributed by atoms with Crippen molar-refractivity contribution in [1.29, 1.82) is 0 Å². The van der Waals surface area contributed by atoms with Crippen LogP contribution in [0.25, 0.3) is 0 Å². The van der Waals surface area contributed by atoms with Gasteiger partial charge in [-0.2, -0.15) is 0 Å². The Morgan fingerprint density at radius 1 is 1.14 bits per heavy atom. The maximum atomic E-state index is 13.3. The lowest BCUT2D eigenvalue weighted by atomic mass is 9.65. The second-order valence-corrected chi connectivity index (χ2v) is 10.2. The molecule has 2 bridgehead atoms. The fourth-order valence-corrected chi connectivity index (χ4v) is 6.07. The van der Waals surface area contributed by atoms with Gasteiger partial charge in [0.2, 0.25) is 0 Å². The number of amides is 1. The number of fused-ring (bicyclic) bond motifs is 2. The van der Waals surface area contributed by atoms with Crippen molar-refractivity contribution in [1.82, 2.24) is 4.90 Å². The standard InChI is InChI=1S/C22H31N3O3/c1-21(2)12-17-13-22(3,14-21)15-24(17)20(26)16-7-8-18(19(11-16)25(27)28)23-9-5-4-6-10-23/h7-8,11,17H,4-6,9-10,12-15H2,1-3H3. The number of nitro benzene ring substituents is 1. The van der Waals surface area contributed by atoms with E-state index in [1.54, 1.807) is 12.1 Å². The quantitative estimate of drug-likeness (QED) is 0.562. The lowest BCUT2D eigenvalue weighted by Gasteiger charge is -2.39. The molecule has 0 N–H and O–H groups in total. The smallest absolute Gasteiger partial charge is 0.293 e. The third kappa shape index (κ3) is 3.49. The van der Waals surface area contributed by atoms with Crippen LogP contribution in [0, 0.1) is 20.9 Å². The highest BCUT2D eigenvalue weighted by Gasteiger charge is 2.51. The minimum absolute atomic E-state index is 0.0558. The minimum Gasteiger partial charge on any atom is -0.366 e. The first-order valence-electron chi connectivity index (χ1n) is 10.5. The predicted octanol–water partition coefficient (Wildman–Crippen LogP) is 4.63. The molecule has 2 saturated heterocycles. The Labute approximate surface area is 167 Å². The molecule has 0 spiro atoms. The van der Waals surface area contributed by atoms with Gasteiger partial charge in [-0.3, -0.25) is 14.9 Å². The molecule has 2 atom stereocenters. The van der Waals surface area contributed by atoms with Crippen molar-refractivity contribution in [3.05, 3.63) is 33.9 Å². The van der Waals surface area contributed by atoms with Crippen LogP contribution in [0.2, 0.25) is 0 Å². The molecule has 0 aromatic heterocycles. The number of hydrogen-bond donors (Lipinski definition) is 0. The molecule has 2 heterocycles. The van der Waals surface area contributed by atoms with Crippen LogP contribution < -0.4 is 4.90 Å². The van der Waals surface area contributed by atoms with E-state index >= 15 is 0 Å². The molecule has 1 amide bonds. The van der Waals surface area contributed by atoms with Crippen molar-refractivity contribution in [2.24, 2.45) is 10.8 Å². The highest BCUT2D eigenvalue weighted by molar-refractivity contribution is 5.96. The molecule has 152 valence electrons. The van der Waals surface area contributed by atoms with Crippen LogP contribution in [0.4, 0.5) is 11.4 Å². The monoisotopic (exact) mass is 385 g/mol. The topological polar surface area (TPSA) is 66.7 Å². The van der Waals surface area contributed by atoms with Gasteiger partial charge in [-0.1, -0.05) is 20.8 Å². The number of hydrogen-bond acceptors (Lipinski definition) is 4. The predicted molar refractivity (Wildman–Crippen MR) is 110 cm³/mol. The van der Waals surface area contributed by atoms with Gasteiger partial charge in [-0.15, -0.1) is 0 Å². The lowest BCUT2D eigenvalue weighted by Crippen LogP contribution is -2.37. The van der Waals surface area contributed by atoms with Crippen molar-refractivity contribution < 1.29 is 9.72 Å². The van der Waals surface area contributed by atoms with E-state index in [4.69, 9.17) is 0 Å². The second-order valence-electron chi connectivity index (χ2n) is 10.2. The van der Waals surface area contributed by atoms with Gasteiger partial charge in [0, 0.05) is 37.3 Å². The van der Waals surface area contributed by atoms with E-state index in [-0.39, 0.29) is 33.4 Å². The van der Waals surface area contributed by atoms with Gasteiger partial charge in [-0.25, -0.2) is 0 Å². The molecule has 3 aliphatic rings. The third-order valence-electron chi connectivity index (χ3n) is 6.79. The van der Waals surface area contributed by atoms with E-state index in [0.717, 1.165) is 51.7 Å². The number of carbonyl (C=O) groups is 1. The normalized spacial score (nSPS) is 29.0. The molecule has 1 aromatic rings. The Hall–Kier alpha value is -2.11. The van der Waals surface area contributed by atoms with Crippen molar-refractivity contribution in [3.8, 4) is 0 Å². The molecule has 2 unspecified atom stereocenters. The van der Waals surface area contributed by atoms with Gasteiger partial charge in [-0.05, 0) is 61.5 Å². The van der Waals surface area contributed by atoms with Crippen LogP contribution in [-0.4, -0.2) is 41.4 Å². The SMILES string of the molecule is CC1(C)CC2CC(C)(CN2C(=O)c2ccc(N3CCCCC3)c([N+](=O)[O-])c2)C1. The van der Waals surface area contributed by atoms with Crippen molar-refractivity contribution in [2.75, 3.05) is 24.5 Å². The van der Waals surface area contributed by atoms with Gasteiger partial charge in [0.05, 0.1) is 4.92 Å².